The number of methoxy groups -OCH3 is 4. The highest BCUT2D eigenvalue weighted by molar-refractivity contribution is 5.98. The highest BCUT2D eigenvalue weighted by Gasteiger charge is 2.32. The lowest BCUT2D eigenvalue weighted by Crippen LogP contribution is -2.31. The highest BCUT2D eigenvalue weighted by atomic mass is 16.5. The van der Waals surface area contributed by atoms with E-state index in [2.05, 4.69) is 114 Å². The number of hydrogen-bond acceptors (Lipinski definition) is 16. The fourth-order valence-electron chi connectivity index (χ4n) is 16.0. The fourth-order valence-corrected chi connectivity index (χ4v) is 16.0. The predicted molar refractivity (Wildman–Crippen MR) is 416 cm³/mol. The molecule has 0 unspecified atom stereocenters. The van der Waals surface area contributed by atoms with Crippen molar-refractivity contribution in [1.29, 1.82) is 0 Å². The molecule has 548 valence electrons. The number of nitrogens with two attached hydrogens (primary N) is 3. The number of nitrogen functional groups attached to an aromatic ring is 3. The van der Waals surface area contributed by atoms with Gasteiger partial charge in [-0.15, -0.1) is 0 Å². The maximum Gasteiger partial charge on any atom is 0.255 e. The third-order valence-corrected chi connectivity index (χ3v) is 21.7. The van der Waals surface area contributed by atoms with E-state index >= 15 is 0 Å². The van der Waals surface area contributed by atoms with Crippen LogP contribution in [0.3, 0.4) is 0 Å². The van der Waals surface area contributed by atoms with Crippen molar-refractivity contribution >= 4 is 84.9 Å². The van der Waals surface area contributed by atoms with Crippen LogP contribution in [0.5, 0.6) is 23.0 Å². The molecule has 3 aliphatic carbocycles. The Balaban J connectivity index is 0.000000130. The van der Waals surface area contributed by atoms with Gasteiger partial charge >= 0.3 is 0 Å². The summed E-state index contributed by atoms with van der Waals surface area (Å²) in [6.45, 7) is 2.01. The van der Waals surface area contributed by atoms with Gasteiger partial charge in [-0.05, 0) is 155 Å². The molecule has 3 saturated carbocycles. The van der Waals surface area contributed by atoms with Gasteiger partial charge in [0.05, 0.1) is 51.1 Å². The van der Waals surface area contributed by atoms with Crippen LogP contribution in [0.1, 0.15) is 133 Å². The van der Waals surface area contributed by atoms with Crippen LogP contribution >= 0.6 is 0 Å². The molecule has 9 aromatic heterocycles. The Morgan fingerprint density at radius 3 is 1.19 bits per heavy atom. The van der Waals surface area contributed by atoms with Crippen molar-refractivity contribution in [2.24, 2.45) is 17.8 Å². The summed E-state index contributed by atoms with van der Waals surface area (Å²) in [6, 6.07) is 41.4. The van der Waals surface area contributed by atoms with Gasteiger partial charge < -0.3 is 67.1 Å². The molecule has 0 atom stereocenters. The van der Waals surface area contributed by atoms with E-state index in [1.165, 1.54) is 0 Å². The van der Waals surface area contributed by atoms with Gasteiger partial charge in [0.15, 0.2) is 0 Å². The molecule has 17 rings (SSSR count). The average molecular weight is 1440 g/mol. The number of aromatic nitrogens is 12. The molecular formula is C82H88N18O7. The maximum atomic E-state index is 12.9. The first-order valence-corrected chi connectivity index (χ1v) is 36.6. The number of rotatable bonds is 19. The summed E-state index contributed by atoms with van der Waals surface area (Å²) in [4.78, 5) is 75.1. The summed E-state index contributed by atoms with van der Waals surface area (Å²) < 4.78 is 27.5. The van der Waals surface area contributed by atoms with Crippen LogP contribution in [-0.2, 0) is 4.79 Å². The number of benzene rings is 5. The molecule has 9 heterocycles. The van der Waals surface area contributed by atoms with E-state index in [1.54, 1.807) is 83.4 Å². The molecular weight excluding hydrogens is 1350 g/mol. The molecule has 0 spiro atoms. The number of aromatic amines is 3. The van der Waals surface area contributed by atoms with Gasteiger partial charge in [0, 0.05) is 125 Å². The van der Waals surface area contributed by atoms with Crippen LogP contribution in [0.4, 0.5) is 17.5 Å². The van der Waals surface area contributed by atoms with Crippen molar-refractivity contribution in [3.05, 3.63) is 193 Å². The monoisotopic (exact) mass is 1440 g/mol. The van der Waals surface area contributed by atoms with Crippen LogP contribution < -0.4 is 52.1 Å². The number of ether oxygens (including phenoxy) is 4. The molecule has 14 aromatic rings. The quantitative estimate of drug-likeness (QED) is 0.0340. The number of nitrogens with one attached hydrogen (secondary N) is 6. The van der Waals surface area contributed by atoms with Crippen molar-refractivity contribution in [1.82, 2.24) is 74.0 Å². The van der Waals surface area contributed by atoms with Gasteiger partial charge in [-0.1, -0.05) is 54.6 Å². The van der Waals surface area contributed by atoms with E-state index in [-0.39, 0.29) is 11.8 Å². The van der Waals surface area contributed by atoms with E-state index in [4.69, 9.17) is 51.1 Å². The van der Waals surface area contributed by atoms with Gasteiger partial charge in [0.1, 0.15) is 91.6 Å². The second kappa shape index (κ2) is 31.1. The minimum atomic E-state index is -0.137. The Kier molecular flexibility index (Phi) is 20.4. The van der Waals surface area contributed by atoms with Gasteiger partial charge in [-0.3, -0.25) is 27.6 Å². The fraction of sp³-hybridized carbons (Fsp3) is 0.305. The second-order valence-corrected chi connectivity index (χ2v) is 28.1. The number of carbonyl (C=O) groups is 3. The molecule has 0 saturated heterocycles. The standard InChI is InChI=1S/2C30H32N6O3.C22H24N6O/c1-38-22-13-21(14-23(16-22)39-2)30(37)33-17-18-7-9-19(10-8-18)29-35-26(27-28(31)32-11-12-36(27)29)25-15-20-5-3-4-6-24(20)34-25;1-38-21-11-12-22(25(16-21)39-2)30(37)33-17-18-7-9-19(10-8-18)29-35-26(27-28(31)32-13-14-36(27)29)24-15-20-5-3-4-6-23(20)34-24;23-21-20-19(18-11-16-3-1-2-4-17(16)26-18)27-22(28(20)10-9-25-21)15-7-5-14(6-8-15)12-24-13-29/h2*3-6,11-16,18-19,34H,7-10,17H2,1-2H3,(H2,31,32)(H,33,37);1-4,9-11,13-15,26H,5-8,12H2,(H2,23,25)(H,24,29). The summed E-state index contributed by atoms with van der Waals surface area (Å²) in [5.41, 5.74) is 31.1. The number of para-hydroxylation sites is 3. The number of nitrogens with zero attached hydrogens (tertiary/aromatic N) is 9. The maximum absolute atomic E-state index is 12.9. The van der Waals surface area contributed by atoms with Gasteiger partial charge in [0.2, 0.25) is 6.41 Å². The Hall–Kier alpha value is -12.4. The topological polar surface area (TPSA) is 340 Å². The van der Waals surface area contributed by atoms with Crippen molar-refractivity contribution in [2.75, 3.05) is 65.3 Å². The number of hydrogen-bond donors (Lipinski definition) is 9. The number of imidazole rings is 3. The molecule has 25 nitrogen and oxygen atoms in total. The van der Waals surface area contributed by atoms with Crippen molar-refractivity contribution in [3.8, 4) is 57.2 Å². The largest absolute Gasteiger partial charge is 0.497 e. The third-order valence-electron chi connectivity index (χ3n) is 21.7. The zero-order valence-corrected chi connectivity index (χ0v) is 60.4. The van der Waals surface area contributed by atoms with Crippen molar-refractivity contribution in [2.45, 2.75) is 94.8 Å². The van der Waals surface area contributed by atoms with Crippen LogP contribution in [0.25, 0.3) is 83.4 Å². The van der Waals surface area contributed by atoms with Crippen LogP contribution in [0.15, 0.2) is 165 Å². The summed E-state index contributed by atoms with van der Waals surface area (Å²) in [7, 11) is 6.29. The normalized spacial score (nSPS) is 18.0. The SMILES string of the molecule is COc1cc(OC)cc(C(=O)NCC2CCC(c3nc(-c4cc5ccccc5[nH]4)c4c(N)nccn34)CC2)c1.COc1ccc(C(=O)NCC2CCC(c3nc(-c4cc5ccccc5[nH]4)c4c(N)nccn34)CC2)c(OC)c1.Nc1nccn2c(C3CCC(CNC=O)CC3)nc(-c3cc4ccccc4[nH]3)c12. The molecule has 0 radical (unpaired) electrons. The van der Waals surface area contributed by atoms with Crippen molar-refractivity contribution in [3.63, 3.8) is 0 Å². The summed E-state index contributed by atoms with van der Waals surface area (Å²) >= 11 is 0. The lowest BCUT2D eigenvalue weighted by molar-refractivity contribution is -0.109. The molecule has 3 amide bonds. The first-order chi connectivity index (χ1) is 52.3. The number of fused-ring (bicyclic) bond motifs is 6. The first-order valence-electron chi connectivity index (χ1n) is 36.6. The summed E-state index contributed by atoms with van der Waals surface area (Å²) in [6.07, 6.45) is 24.1. The van der Waals surface area contributed by atoms with Crippen LogP contribution in [0.2, 0.25) is 0 Å². The van der Waals surface area contributed by atoms with Crippen LogP contribution in [-0.4, -0.2) is 124 Å². The van der Waals surface area contributed by atoms with Gasteiger partial charge in [-0.25, -0.2) is 29.9 Å². The number of amides is 3. The number of H-pyrrole nitrogens is 3. The zero-order valence-electron chi connectivity index (χ0n) is 60.4. The van der Waals surface area contributed by atoms with Crippen molar-refractivity contribution < 1.29 is 33.3 Å². The van der Waals surface area contributed by atoms with E-state index in [0.29, 0.717) is 100 Å². The Labute approximate surface area is 617 Å². The van der Waals surface area contributed by atoms with E-state index in [0.717, 1.165) is 191 Å². The zero-order chi connectivity index (χ0) is 73.7. The lowest BCUT2D eigenvalue weighted by atomic mass is 9.81. The van der Waals surface area contributed by atoms with Gasteiger partial charge in [-0.2, -0.15) is 0 Å². The molecule has 0 bridgehead atoms. The minimum absolute atomic E-state index is 0.125. The third kappa shape index (κ3) is 14.6. The van der Waals surface area contributed by atoms with E-state index in [1.807, 2.05) is 55.0 Å². The molecule has 3 fully saturated rings. The molecule has 3 aliphatic rings. The summed E-state index contributed by atoms with van der Waals surface area (Å²) in [5.74, 6) is 8.89. The first kappa shape index (κ1) is 70.3. The lowest BCUT2D eigenvalue weighted by Gasteiger charge is -2.28. The molecule has 12 N–H and O–H groups in total. The minimum Gasteiger partial charge on any atom is -0.497 e. The highest BCUT2D eigenvalue weighted by Crippen LogP contribution is 2.43. The Bertz CT molecular complexity index is 5410. The molecule has 107 heavy (non-hydrogen) atoms. The summed E-state index contributed by atoms with van der Waals surface area (Å²) in [5, 5.41) is 12.4. The average Bonchev–Trinajstić information content (AvgIpc) is 1.62. The predicted octanol–water partition coefficient (Wildman–Crippen LogP) is 13.8. The molecule has 0 aliphatic heterocycles. The Morgan fingerprint density at radius 2 is 0.822 bits per heavy atom. The van der Waals surface area contributed by atoms with Crippen LogP contribution in [0, 0.1) is 17.8 Å². The molecule has 25 heteroatoms. The van der Waals surface area contributed by atoms with Gasteiger partial charge in [0.25, 0.3) is 11.8 Å². The molecule has 5 aromatic carbocycles. The van der Waals surface area contributed by atoms with E-state index < -0.39 is 0 Å². The number of anilines is 3. The Morgan fingerprint density at radius 1 is 0.449 bits per heavy atom. The van der Waals surface area contributed by atoms with E-state index in [9.17, 15) is 14.4 Å². The second-order valence-electron chi connectivity index (χ2n) is 28.1. The number of carbonyl (C=O) groups excluding carboxylic acids is 3. The smallest absolute Gasteiger partial charge is 0.255 e.